The number of hydrogen-bond acceptors (Lipinski definition) is 5. The molecule has 1 N–H and O–H groups in total. The number of carbonyl (C=O) groups excluding carboxylic acids is 1. The fourth-order valence-electron chi connectivity index (χ4n) is 1.78. The van der Waals surface area contributed by atoms with Gasteiger partial charge in [-0.15, -0.1) is 0 Å². The highest BCUT2D eigenvalue weighted by molar-refractivity contribution is 5.80. The van der Waals surface area contributed by atoms with Crippen molar-refractivity contribution in [3.05, 3.63) is 0 Å². The van der Waals surface area contributed by atoms with Crippen LogP contribution in [0.1, 0.15) is 27.2 Å². The van der Waals surface area contributed by atoms with Crippen LogP contribution in [0.25, 0.3) is 0 Å². The molecule has 17 heavy (non-hydrogen) atoms. The Balaban J connectivity index is 4.66. The van der Waals surface area contributed by atoms with E-state index in [-0.39, 0.29) is 5.97 Å². The molecule has 0 saturated heterocycles. The lowest BCUT2D eigenvalue weighted by atomic mass is 9.87. The van der Waals surface area contributed by atoms with Crippen molar-refractivity contribution in [2.75, 3.05) is 34.5 Å². The van der Waals surface area contributed by atoms with Gasteiger partial charge >= 0.3 is 5.97 Å². The van der Waals surface area contributed by atoms with Crippen LogP contribution in [0.2, 0.25) is 0 Å². The van der Waals surface area contributed by atoms with Crippen LogP contribution in [-0.2, 0) is 19.0 Å². The van der Waals surface area contributed by atoms with E-state index in [0.29, 0.717) is 19.6 Å². The van der Waals surface area contributed by atoms with Gasteiger partial charge in [0.15, 0.2) is 0 Å². The first-order valence-electron chi connectivity index (χ1n) is 5.69. The predicted octanol–water partition coefficient (Wildman–Crippen LogP) is 0.969. The highest BCUT2D eigenvalue weighted by Crippen LogP contribution is 2.24. The van der Waals surface area contributed by atoms with Crippen molar-refractivity contribution in [2.45, 2.75) is 38.3 Å². The molecular weight excluding hydrogens is 222 g/mol. The number of methoxy groups -OCH3 is 3. The lowest BCUT2D eigenvalue weighted by Crippen LogP contribution is -2.55. The quantitative estimate of drug-likeness (QED) is 0.511. The maximum Gasteiger partial charge on any atom is 0.325 e. The minimum atomic E-state index is -0.771. The number of rotatable bonds is 8. The molecule has 0 aromatic rings. The summed E-state index contributed by atoms with van der Waals surface area (Å²) in [6, 6.07) is 0. The van der Waals surface area contributed by atoms with Crippen LogP contribution in [0, 0.1) is 0 Å². The van der Waals surface area contributed by atoms with Gasteiger partial charge in [0, 0.05) is 27.2 Å². The summed E-state index contributed by atoms with van der Waals surface area (Å²) in [7, 11) is 4.64. The molecule has 1 atom stereocenters. The van der Waals surface area contributed by atoms with Crippen molar-refractivity contribution in [3.63, 3.8) is 0 Å². The largest absolute Gasteiger partial charge is 0.468 e. The van der Waals surface area contributed by atoms with E-state index in [0.717, 1.165) is 0 Å². The Kier molecular flexibility index (Phi) is 6.67. The highest BCUT2D eigenvalue weighted by Gasteiger charge is 2.39. The molecule has 0 rings (SSSR count). The molecule has 0 aliphatic rings. The molecule has 0 spiro atoms. The van der Waals surface area contributed by atoms with Crippen LogP contribution in [0.3, 0.4) is 0 Å². The summed E-state index contributed by atoms with van der Waals surface area (Å²) < 4.78 is 15.2. The highest BCUT2D eigenvalue weighted by atomic mass is 16.5. The molecule has 0 bridgehead atoms. The molecule has 0 aromatic heterocycles. The second-order valence-corrected chi connectivity index (χ2v) is 4.88. The number of esters is 1. The van der Waals surface area contributed by atoms with Gasteiger partial charge < -0.3 is 14.2 Å². The third kappa shape index (κ3) is 5.48. The van der Waals surface area contributed by atoms with Gasteiger partial charge in [0.1, 0.15) is 5.54 Å². The summed E-state index contributed by atoms with van der Waals surface area (Å²) in [5, 5.41) is 3.16. The lowest BCUT2D eigenvalue weighted by Gasteiger charge is -2.35. The standard InChI is InChI=1S/C12H25NO4/c1-11(2,17-6)9-12(3,10(14)16-5)13-7-8-15-4/h13H,7-9H2,1-6H3. The summed E-state index contributed by atoms with van der Waals surface area (Å²) in [4.78, 5) is 11.8. The third-order valence-electron chi connectivity index (χ3n) is 2.79. The summed E-state index contributed by atoms with van der Waals surface area (Å²) in [5.74, 6) is -0.293. The fraction of sp³-hybridized carbons (Fsp3) is 0.917. The zero-order valence-electron chi connectivity index (χ0n) is 11.8. The van der Waals surface area contributed by atoms with Gasteiger partial charge in [0.2, 0.25) is 0 Å². The van der Waals surface area contributed by atoms with Gasteiger partial charge in [-0.25, -0.2) is 0 Å². The molecule has 0 amide bonds. The Morgan fingerprint density at radius 3 is 2.18 bits per heavy atom. The van der Waals surface area contributed by atoms with Crippen molar-refractivity contribution in [2.24, 2.45) is 0 Å². The van der Waals surface area contributed by atoms with Gasteiger partial charge in [-0.3, -0.25) is 10.1 Å². The van der Waals surface area contributed by atoms with Gasteiger partial charge in [0.25, 0.3) is 0 Å². The molecule has 0 aromatic carbocycles. The van der Waals surface area contributed by atoms with Crippen LogP contribution in [0.15, 0.2) is 0 Å². The van der Waals surface area contributed by atoms with Gasteiger partial charge in [-0.2, -0.15) is 0 Å². The minimum absolute atomic E-state index is 0.293. The zero-order valence-corrected chi connectivity index (χ0v) is 11.8. The van der Waals surface area contributed by atoms with E-state index in [1.807, 2.05) is 20.8 Å². The van der Waals surface area contributed by atoms with E-state index >= 15 is 0 Å². The maximum absolute atomic E-state index is 11.8. The first kappa shape index (κ1) is 16.4. The smallest absolute Gasteiger partial charge is 0.325 e. The average molecular weight is 247 g/mol. The predicted molar refractivity (Wildman–Crippen MR) is 66.0 cm³/mol. The minimum Gasteiger partial charge on any atom is -0.468 e. The topological polar surface area (TPSA) is 56.8 Å². The molecule has 0 saturated carbocycles. The van der Waals surface area contributed by atoms with Crippen LogP contribution in [0.4, 0.5) is 0 Å². The normalized spacial score (nSPS) is 15.4. The molecule has 5 nitrogen and oxygen atoms in total. The van der Waals surface area contributed by atoms with E-state index in [2.05, 4.69) is 5.32 Å². The van der Waals surface area contributed by atoms with Crippen molar-refractivity contribution in [1.82, 2.24) is 5.32 Å². The van der Waals surface area contributed by atoms with Gasteiger partial charge in [-0.05, 0) is 20.8 Å². The number of ether oxygens (including phenoxy) is 3. The number of hydrogen-bond donors (Lipinski definition) is 1. The van der Waals surface area contributed by atoms with Crippen LogP contribution < -0.4 is 5.32 Å². The van der Waals surface area contributed by atoms with E-state index in [9.17, 15) is 4.79 Å². The maximum atomic E-state index is 11.8. The van der Waals surface area contributed by atoms with E-state index in [1.165, 1.54) is 7.11 Å². The number of carbonyl (C=O) groups is 1. The fourth-order valence-corrected chi connectivity index (χ4v) is 1.78. The Morgan fingerprint density at radius 1 is 1.18 bits per heavy atom. The molecule has 0 aliphatic carbocycles. The Labute approximate surface area is 104 Å². The molecule has 102 valence electrons. The molecule has 0 aliphatic heterocycles. The summed E-state index contributed by atoms with van der Waals surface area (Å²) in [6.45, 7) is 6.82. The monoisotopic (exact) mass is 247 g/mol. The Morgan fingerprint density at radius 2 is 1.76 bits per heavy atom. The summed E-state index contributed by atoms with van der Waals surface area (Å²) in [5.41, 5.74) is -1.17. The molecule has 0 heterocycles. The van der Waals surface area contributed by atoms with Crippen molar-refractivity contribution >= 4 is 5.97 Å². The SMILES string of the molecule is COCCNC(C)(CC(C)(C)OC)C(=O)OC. The summed E-state index contributed by atoms with van der Waals surface area (Å²) in [6.07, 6.45) is 0.521. The molecular formula is C12H25NO4. The molecule has 1 unspecified atom stereocenters. The first-order chi connectivity index (χ1) is 7.81. The van der Waals surface area contributed by atoms with Crippen molar-refractivity contribution in [3.8, 4) is 0 Å². The Bertz CT molecular complexity index is 243. The second-order valence-electron chi connectivity index (χ2n) is 4.88. The average Bonchev–Trinajstić information content (AvgIpc) is 2.27. The number of nitrogens with one attached hydrogen (secondary N) is 1. The van der Waals surface area contributed by atoms with E-state index in [4.69, 9.17) is 14.2 Å². The van der Waals surface area contributed by atoms with Crippen molar-refractivity contribution in [1.29, 1.82) is 0 Å². The molecule has 5 heteroatoms. The van der Waals surface area contributed by atoms with E-state index in [1.54, 1.807) is 14.2 Å². The van der Waals surface area contributed by atoms with Crippen molar-refractivity contribution < 1.29 is 19.0 Å². The van der Waals surface area contributed by atoms with Gasteiger partial charge in [-0.1, -0.05) is 0 Å². The second kappa shape index (κ2) is 6.93. The van der Waals surface area contributed by atoms with Gasteiger partial charge in [0.05, 0.1) is 19.3 Å². The lowest BCUT2D eigenvalue weighted by molar-refractivity contribution is -0.151. The molecule has 0 fully saturated rings. The zero-order chi connectivity index (χ0) is 13.5. The van der Waals surface area contributed by atoms with E-state index < -0.39 is 11.1 Å². The first-order valence-corrected chi connectivity index (χ1v) is 5.69. The third-order valence-corrected chi connectivity index (χ3v) is 2.79. The Hall–Kier alpha value is -0.650. The van der Waals surface area contributed by atoms with Crippen LogP contribution in [0.5, 0.6) is 0 Å². The van der Waals surface area contributed by atoms with Crippen LogP contribution >= 0.6 is 0 Å². The molecule has 0 radical (unpaired) electrons. The summed E-state index contributed by atoms with van der Waals surface area (Å²) >= 11 is 0. The van der Waals surface area contributed by atoms with Crippen LogP contribution in [-0.4, -0.2) is 51.6 Å².